The van der Waals surface area contributed by atoms with Crippen LogP contribution in [0.2, 0.25) is 0 Å². The molecule has 1 fully saturated rings. The summed E-state index contributed by atoms with van der Waals surface area (Å²) in [4.78, 5) is 4.62. The molecule has 0 heterocycles. The van der Waals surface area contributed by atoms with Crippen molar-refractivity contribution in [1.82, 2.24) is 10.6 Å². The number of aryl methyl sites for hydroxylation is 1. The SMILES string of the molecule is CCNC(=NCc1ccc(C)cc1OCC1CC1)NCCCS(C)(=O)=O. The highest BCUT2D eigenvalue weighted by molar-refractivity contribution is 7.90. The molecule has 2 N–H and O–H groups in total. The molecular weight excluding hydrogens is 350 g/mol. The fraction of sp³-hybridized carbons (Fsp3) is 0.632. The van der Waals surface area contributed by atoms with Gasteiger partial charge in [-0.25, -0.2) is 13.4 Å². The third-order valence-electron chi connectivity index (χ3n) is 4.13. The minimum Gasteiger partial charge on any atom is -0.493 e. The summed E-state index contributed by atoms with van der Waals surface area (Å²) in [6, 6.07) is 6.20. The molecule has 0 radical (unpaired) electrons. The second kappa shape index (κ2) is 9.80. The van der Waals surface area contributed by atoms with Crippen molar-refractivity contribution in [2.75, 3.05) is 31.7 Å². The first-order valence-electron chi connectivity index (χ1n) is 9.29. The third kappa shape index (κ3) is 8.08. The molecule has 146 valence electrons. The number of guanidine groups is 1. The van der Waals surface area contributed by atoms with Crippen LogP contribution in [0.5, 0.6) is 5.75 Å². The van der Waals surface area contributed by atoms with Crippen LogP contribution in [0.1, 0.15) is 37.3 Å². The number of hydrogen-bond donors (Lipinski definition) is 2. The van der Waals surface area contributed by atoms with Crippen molar-refractivity contribution in [3.8, 4) is 5.75 Å². The predicted molar refractivity (Wildman–Crippen MR) is 107 cm³/mol. The van der Waals surface area contributed by atoms with Gasteiger partial charge in [-0.3, -0.25) is 0 Å². The van der Waals surface area contributed by atoms with E-state index in [9.17, 15) is 8.42 Å². The van der Waals surface area contributed by atoms with Crippen molar-refractivity contribution in [3.63, 3.8) is 0 Å². The maximum absolute atomic E-state index is 11.2. The van der Waals surface area contributed by atoms with E-state index in [1.54, 1.807) is 0 Å². The predicted octanol–water partition coefficient (Wildman–Crippen LogP) is 2.27. The van der Waals surface area contributed by atoms with Crippen molar-refractivity contribution in [1.29, 1.82) is 0 Å². The molecule has 0 saturated heterocycles. The van der Waals surface area contributed by atoms with Gasteiger partial charge in [0.15, 0.2) is 5.96 Å². The Bertz CT molecular complexity index is 713. The van der Waals surface area contributed by atoms with Crippen LogP contribution in [0.15, 0.2) is 23.2 Å². The van der Waals surface area contributed by atoms with Gasteiger partial charge >= 0.3 is 0 Å². The second-order valence-electron chi connectivity index (χ2n) is 6.97. The molecule has 1 aromatic rings. The first-order valence-corrected chi connectivity index (χ1v) is 11.4. The average molecular weight is 382 g/mol. The van der Waals surface area contributed by atoms with Crippen LogP contribution in [-0.2, 0) is 16.4 Å². The lowest BCUT2D eigenvalue weighted by atomic mass is 10.1. The molecule has 1 aromatic carbocycles. The minimum atomic E-state index is -2.92. The van der Waals surface area contributed by atoms with Crippen molar-refractivity contribution < 1.29 is 13.2 Å². The summed E-state index contributed by atoms with van der Waals surface area (Å²) in [5, 5.41) is 6.38. The fourth-order valence-corrected chi connectivity index (χ4v) is 3.13. The summed E-state index contributed by atoms with van der Waals surface area (Å²) < 4.78 is 28.4. The lowest BCUT2D eigenvalue weighted by molar-refractivity contribution is 0.296. The number of ether oxygens (including phenoxy) is 1. The second-order valence-corrected chi connectivity index (χ2v) is 9.23. The van der Waals surface area contributed by atoms with Crippen LogP contribution in [0, 0.1) is 12.8 Å². The van der Waals surface area contributed by atoms with Gasteiger partial charge < -0.3 is 15.4 Å². The molecule has 1 aliphatic rings. The molecule has 26 heavy (non-hydrogen) atoms. The van der Waals surface area contributed by atoms with Crippen LogP contribution in [0.4, 0.5) is 0 Å². The highest BCUT2D eigenvalue weighted by atomic mass is 32.2. The van der Waals surface area contributed by atoms with Crippen molar-refractivity contribution in [2.24, 2.45) is 10.9 Å². The number of nitrogens with zero attached hydrogens (tertiary/aromatic N) is 1. The Morgan fingerprint density at radius 1 is 1.31 bits per heavy atom. The number of nitrogens with one attached hydrogen (secondary N) is 2. The van der Waals surface area contributed by atoms with E-state index < -0.39 is 9.84 Å². The lowest BCUT2D eigenvalue weighted by Crippen LogP contribution is -2.38. The third-order valence-corrected chi connectivity index (χ3v) is 5.16. The average Bonchev–Trinajstić information content (AvgIpc) is 3.39. The van der Waals surface area contributed by atoms with Crippen LogP contribution in [0.3, 0.4) is 0 Å². The summed E-state index contributed by atoms with van der Waals surface area (Å²) >= 11 is 0. The normalized spacial score (nSPS) is 15.0. The molecule has 0 aromatic heterocycles. The van der Waals surface area contributed by atoms with Gasteiger partial charge in [0.25, 0.3) is 0 Å². The molecule has 1 saturated carbocycles. The molecule has 0 spiro atoms. The van der Waals surface area contributed by atoms with E-state index in [1.165, 1.54) is 24.7 Å². The van der Waals surface area contributed by atoms with Crippen LogP contribution < -0.4 is 15.4 Å². The number of hydrogen-bond acceptors (Lipinski definition) is 4. The van der Waals surface area contributed by atoms with Crippen LogP contribution in [-0.4, -0.2) is 46.1 Å². The van der Waals surface area contributed by atoms with Gasteiger partial charge in [-0.15, -0.1) is 0 Å². The molecule has 0 amide bonds. The zero-order chi connectivity index (χ0) is 19.0. The summed E-state index contributed by atoms with van der Waals surface area (Å²) in [7, 11) is -2.92. The fourth-order valence-electron chi connectivity index (χ4n) is 2.47. The van der Waals surface area contributed by atoms with Crippen LogP contribution in [0.25, 0.3) is 0 Å². The topological polar surface area (TPSA) is 79.8 Å². The maximum atomic E-state index is 11.2. The smallest absolute Gasteiger partial charge is 0.191 e. The molecule has 0 bridgehead atoms. The first-order chi connectivity index (χ1) is 12.4. The molecule has 1 aliphatic carbocycles. The molecule has 6 nitrogen and oxygen atoms in total. The molecule has 0 atom stereocenters. The van der Waals surface area contributed by atoms with Crippen molar-refractivity contribution in [3.05, 3.63) is 29.3 Å². The zero-order valence-corrected chi connectivity index (χ0v) is 16.9. The monoisotopic (exact) mass is 381 g/mol. The standard InChI is InChI=1S/C19H31N3O3S/c1-4-20-19(21-10-5-11-26(3,23)24)22-13-17-9-6-15(2)12-18(17)25-14-16-7-8-16/h6,9,12,16H,4-5,7-8,10-11,13-14H2,1-3H3,(H2,20,21,22). The van der Waals surface area contributed by atoms with E-state index >= 15 is 0 Å². The highest BCUT2D eigenvalue weighted by Crippen LogP contribution is 2.30. The van der Waals surface area contributed by atoms with E-state index in [1.807, 2.05) is 6.92 Å². The Labute approximate surface area is 157 Å². The first kappa shape index (κ1) is 20.6. The summed E-state index contributed by atoms with van der Waals surface area (Å²) in [5.41, 5.74) is 2.24. The lowest BCUT2D eigenvalue weighted by Gasteiger charge is -2.13. The van der Waals surface area contributed by atoms with Gasteiger partial charge in [-0.2, -0.15) is 0 Å². The van der Waals surface area contributed by atoms with E-state index in [-0.39, 0.29) is 5.75 Å². The van der Waals surface area contributed by atoms with E-state index in [0.29, 0.717) is 31.4 Å². The molecule has 2 rings (SSSR count). The van der Waals surface area contributed by atoms with Gasteiger partial charge in [0, 0.05) is 24.9 Å². The van der Waals surface area contributed by atoms with Gasteiger partial charge in [0.2, 0.25) is 0 Å². The van der Waals surface area contributed by atoms with Gasteiger partial charge in [0.1, 0.15) is 15.6 Å². The Morgan fingerprint density at radius 3 is 2.73 bits per heavy atom. The van der Waals surface area contributed by atoms with E-state index in [2.05, 4.69) is 40.7 Å². The highest BCUT2D eigenvalue weighted by Gasteiger charge is 2.22. The van der Waals surface area contributed by atoms with E-state index in [0.717, 1.165) is 24.5 Å². The zero-order valence-electron chi connectivity index (χ0n) is 16.0. The number of benzene rings is 1. The number of aliphatic imine (C=N–C) groups is 1. The van der Waals surface area contributed by atoms with Gasteiger partial charge in [0.05, 0.1) is 18.9 Å². The van der Waals surface area contributed by atoms with Gasteiger partial charge in [-0.1, -0.05) is 12.1 Å². The number of rotatable bonds is 10. The molecular formula is C19H31N3O3S. The Kier molecular flexibility index (Phi) is 7.75. The molecule has 0 unspecified atom stereocenters. The van der Waals surface area contributed by atoms with Crippen molar-refractivity contribution in [2.45, 2.75) is 39.7 Å². The van der Waals surface area contributed by atoms with E-state index in [4.69, 9.17) is 4.74 Å². The molecule has 0 aliphatic heterocycles. The summed E-state index contributed by atoms with van der Waals surface area (Å²) in [5.74, 6) is 2.49. The summed E-state index contributed by atoms with van der Waals surface area (Å²) in [6.07, 6.45) is 4.35. The molecule has 7 heteroatoms. The summed E-state index contributed by atoms with van der Waals surface area (Å²) in [6.45, 7) is 6.68. The number of sulfone groups is 1. The van der Waals surface area contributed by atoms with Crippen LogP contribution >= 0.6 is 0 Å². The van der Waals surface area contributed by atoms with Crippen molar-refractivity contribution >= 4 is 15.8 Å². The Morgan fingerprint density at radius 2 is 2.08 bits per heavy atom. The maximum Gasteiger partial charge on any atom is 0.191 e. The quantitative estimate of drug-likeness (QED) is 0.369. The minimum absolute atomic E-state index is 0.177. The Hall–Kier alpha value is -1.76. The van der Waals surface area contributed by atoms with Gasteiger partial charge in [-0.05, 0) is 50.7 Å². The Balaban J connectivity index is 1.94. The largest absolute Gasteiger partial charge is 0.493 e.